The van der Waals surface area contributed by atoms with E-state index in [1.165, 1.54) is 0 Å². The van der Waals surface area contributed by atoms with Crippen LogP contribution in [0.4, 0.5) is 5.69 Å². The quantitative estimate of drug-likeness (QED) is 0.567. The summed E-state index contributed by atoms with van der Waals surface area (Å²) in [5.74, 6) is -0.824. The van der Waals surface area contributed by atoms with Crippen LogP contribution < -0.4 is 9.86 Å². The predicted molar refractivity (Wildman–Crippen MR) is 103 cm³/mol. The monoisotopic (exact) mass is 402 g/mol. The van der Waals surface area contributed by atoms with Gasteiger partial charge >= 0.3 is 5.97 Å². The highest BCUT2D eigenvalue weighted by Gasteiger charge is 2.23. The Hall–Kier alpha value is -3.27. The normalized spacial score (nSPS) is 11.4. The number of carbonyl (C=O) groups excluding carboxylic acids is 1. The summed E-state index contributed by atoms with van der Waals surface area (Å²) in [6, 6.07) is 13.4. The molecule has 0 saturated carbocycles. The first-order valence-electron chi connectivity index (χ1n) is 8.29. The molecule has 3 rings (SSSR count). The molecule has 0 bridgehead atoms. The fourth-order valence-corrected chi connectivity index (χ4v) is 3.53. The topological polar surface area (TPSA) is 111 Å². The van der Waals surface area contributed by atoms with Gasteiger partial charge in [-0.15, -0.1) is 5.10 Å². The molecule has 0 unspecified atom stereocenters. The molecule has 1 heterocycles. The molecule has 10 heteroatoms. The highest BCUT2D eigenvalue weighted by Crippen LogP contribution is 2.21. The number of anilines is 1. The SMILES string of the molecule is Cc1ccccc1N(CC(=O)OCn1nnc2ccccc2c1=O)S(C)(=O)=O. The third kappa shape index (κ3) is 4.17. The van der Waals surface area contributed by atoms with Gasteiger partial charge in [-0.1, -0.05) is 35.5 Å². The van der Waals surface area contributed by atoms with Crippen LogP contribution in [0.2, 0.25) is 0 Å². The second-order valence-electron chi connectivity index (χ2n) is 6.11. The maximum absolute atomic E-state index is 12.4. The number of aromatic nitrogens is 3. The fourth-order valence-electron chi connectivity index (χ4n) is 2.63. The number of para-hydroxylation sites is 1. The predicted octanol–water partition coefficient (Wildman–Crippen LogP) is 1.07. The number of carbonyl (C=O) groups is 1. The molecule has 0 aliphatic rings. The second-order valence-corrected chi connectivity index (χ2v) is 8.02. The molecular formula is C18H18N4O5S. The van der Waals surface area contributed by atoms with Gasteiger partial charge in [0.05, 0.1) is 17.3 Å². The summed E-state index contributed by atoms with van der Waals surface area (Å²) in [7, 11) is -3.72. The lowest BCUT2D eigenvalue weighted by atomic mass is 10.2. The average molecular weight is 402 g/mol. The second kappa shape index (κ2) is 7.77. The van der Waals surface area contributed by atoms with Crippen molar-refractivity contribution in [2.24, 2.45) is 0 Å². The Labute approximate surface area is 161 Å². The molecule has 1 aromatic heterocycles. The first-order valence-corrected chi connectivity index (χ1v) is 10.1. The van der Waals surface area contributed by atoms with E-state index in [1.54, 1.807) is 55.5 Å². The van der Waals surface area contributed by atoms with E-state index < -0.39 is 34.8 Å². The highest BCUT2D eigenvalue weighted by atomic mass is 32.2. The van der Waals surface area contributed by atoms with Crippen LogP contribution in [-0.4, -0.2) is 42.2 Å². The summed E-state index contributed by atoms with van der Waals surface area (Å²) in [6.45, 7) is 0.739. The van der Waals surface area contributed by atoms with Gasteiger partial charge < -0.3 is 4.74 Å². The molecule has 0 spiro atoms. The third-order valence-corrected chi connectivity index (χ3v) is 5.16. The van der Waals surface area contributed by atoms with Crippen molar-refractivity contribution >= 4 is 32.6 Å². The van der Waals surface area contributed by atoms with Gasteiger partial charge in [-0.05, 0) is 30.7 Å². The van der Waals surface area contributed by atoms with Crippen molar-refractivity contribution in [3.05, 3.63) is 64.4 Å². The van der Waals surface area contributed by atoms with Crippen molar-refractivity contribution in [2.75, 3.05) is 17.1 Å². The van der Waals surface area contributed by atoms with Gasteiger partial charge in [-0.3, -0.25) is 13.9 Å². The van der Waals surface area contributed by atoms with E-state index in [2.05, 4.69) is 10.3 Å². The number of nitrogens with zero attached hydrogens (tertiary/aromatic N) is 4. The van der Waals surface area contributed by atoms with Crippen LogP contribution in [0.15, 0.2) is 53.3 Å². The number of esters is 1. The number of benzene rings is 2. The molecule has 0 atom stereocenters. The molecule has 0 N–H and O–H groups in total. The van der Waals surface area contributed by atoms with E-state index >= 15 is 0 Å². The molecule has 0 amide bonds. The van der Waals surface area contributed by atoms with Crippen LogP contribution in [0.3, 0.4) is 0 Å². The molecule has 28 heavy (non-hydrogen) atoms. The molecule has 0 radical (unpaired) electrons. The summed E-state index contributed by atoms with van der Waals surface area (Å²) < 4.78 is 31.2. The minimum Gasteiger partial charge on any atom is -0.441 e. The minimum absolute atomic E-state index is 0.339. The fraction of sp³-hybridized carbons (Fsp3) is 0.222. The number of hydrogen-bond donors (Lipinski definition) is 0. The number of hydrogen-bond acceptors (Lipinski definition) is 7. The minimum atomic E-state index is -3.72. The van der Waals surface area contributed by atoms with Crippen molar-refractivity contribution in [1.82, 2.24) is 15.0 Å². The van der Waals surface area contributed by atoms with Gasteiger partial charge in [-0.2, -0.15) is 4.68 Å². The summed E-state index contributed by atoms with van der Waals surface area (Å²) in [4.78, 5) is 24.6. The van der Waals surface area contributed by atoms with Crippen LogP contribution in [0.5, 0.6) is 0 Å². The van der Waals surface area contributed by atoms with Crippen molar-refractivity contribution in [2.45, 2.75) is 13.7 Å². The lowest BCUT2D eigenvalue weighted by Gasteiger charge is -2.23. The molecule has 0 aliphatic carbocycles. The van der Waals surface area contributed by atoms with Crippen LogP contribution in [0.1, 0.15) is 5.56 Å². The van der Waals surface area contributed by atoms with E-state index in [4.69, 9.17) is 4.74 Å². The summed E-state index contributed by atoms with van der Waals surface area (Å²) in [5.41, 5.74) is 1.04. The van der Waals surface area contributed by atoms with E-state index in [-0.39, 0.29) is 0 Å². The molecule has 0 fully saturated rings. The third-order valence-electron chi connectivity index (χ3n) is 4.03. The molecule has 3 aromatic rings. The van der Waals surface area contributed by atoms with Gasteiger partial charge in [0.15, 0.2) is 6.73 Å². The Kier molecular flexibility index (Phi) is 5.41. The Morgan fingerprint density at radius 3 is 2.54 bits per heavy atom. The van der Waals surface area contributed by atoms with Crippen LogP contribution >= 0.6 is 0 Å². The summed E-state index contributed by atoms with van der Waals surface area (Å²) in [6.07, 6.45) is 1.01. The lowest BCUT2D eigenvalue weighted by Crippen LogP contribution is -2.37. The Balaban J connectivity index is 1.77. The zero-order valence-electron chi connectivity index (χ0n) is 15.3. The average Bonchev–Trinajstić information content (AvgIpc) is 2.66. The van der Waals surface area contributed by atoms with E-state index in [1.807, 2.05) is 0 Å². The van der Waals surface area contributed by atoms with Crippen LogP contribution in [0, 0.1) is 6.92 Å². The van der Waals surface area contributed by atoms with Crippen molar-refractivity contribution in [1.29, 1.82) is 0 Å². The zero-order chi connectivity index (χ0) is 20.3. The Bertz CT molecular complexity index is 1190. The highest BCUT2D eigenvalue weighted by molar-refractivity contribution is 7.92. The molecule has 0 saturated heterocycles. The number of ether oxygens (including phenoxy) is 1. The van der Waals surface area contributed by atoms with Gasteiger partial charge in [0.1, 0.15) is 12.1 Å². The molecular weight excluding hydrogens is 384 g/mol. The van der Waals surface area contributed by atoms with Gasteiger partial charge in [-0.25, -0.2) is 8.42 Å². The zero-order valence-corrected chi connectivity index (χ0v) is 16.1. The van der Waals surface area contributed by atoms with E-state index in [0.29, 0.717) is 22.2 Å². The first kappa shape index (κ1) is 19.5. The van der Waals surface area contributed by atoms with Crippen molar-refractivity contribution < 1.29 is 17.9 Å². The lowest BCUT2D eigenvalue weighted by molar-refractivity contribution is -0.146. The van der Waals surface area contributed by atoms with Crippen molar-refractivity contribution in [3.8, 4) is 0 Å². The van der Waals surface area contributed by atoms with Crippen LogP contribution in [-0.2, 0) is 26.3 Å². The first-order chi connectivity index (χ1) is 13.3. The van der Waals surface area contributed by atoms with Gasteiger partial charge in [0, 0.05) is 0 Å². The van der Waals surface area contributed by atoms with Crippen LogP contribution in [0.25, 0.3) is 10.9 Å². The largest absolute Gasteiger partial charge is 0.441 e. The molecule has 146 valence electrons. The Morgan fingerprint density at radius 1 is 1.14 bits per heavy atom. The molecule has 9 nitrogen and oxygen atoms in total. The number of rotatable bonds is 6. The van der Waals surface area contributed by atoms with Gasteiger partial charge in [0.25, 0.3) is 5.56 Å². The number of fused-ring (bicyclic) bond motifs is 1. The molecule has 2 aromatic carbocycles. The van der Waals surface area contributed by atoms with E-state index in [0.717, 1.165) is 15.2 Å². The van der Waals surface area contributed by atoms with Gasteiger partial charge in [0.2, 0.25) is 10.0 Å². The standard InChI is InChI=1S/C18H18N4O5S/c1-13-7-3-6-10-16(13)22(28(2,25)26)11-17(23)27-12-21-18(24)14-8-4-5-9-15(14)19-20-21/h3-10H,11-12H2,1-2H3. The number of aryl methyl sites for hydroxylation is 1. The maximum Gasteiger partial charge on any atom is 0.328 e. The van der Waals surface area contributed by atoms with Crippen molar-refractivity contribution in [3.63, 3.8) is 0 Å². The summed E-state index contributed by atoms with van der Waals surface area (Å²) in [5, 5.41) is 7.96. The maximum atomic E-state index is 12.4. The smallest absolute Gasteiger partial charge is 0.328 e. The Morgan fingerprint density at radius 2 is 1.82 bits per heavy atom. The number of sulfonamides is 1. The summed E-state index contributed by atoms with van der Waals surface area (Å²) >= 11 is 0. The molecule has 0 aliphatic heterocycles. The van der Waals surface area contributed by atoms with E-state index in [9.17, 15) is 18.0 Å².